The fourth-order valence-electron chi connectivity index (χ4n) is 3.96. The number of nitrogens with zero attached hydrogens (tertiary/aromatic N) is 2. The number of likely N-dealkylation sites (N-methyl/N-ethyl adjacent to an activating group) is 1. The maximum absolute atomic E-state index is 13.9. The molecule has 1 atom stereocenters. The number of ether oxygens (including phenoxy) is 1. The minimum atomic E-state index is -0.403. The van der Waals surface area contributed by atoms with E-state index in [-0.39, 0.29) is 11.9 Å². The molecule has 23 heavy (non-hydrogen) atoms. The molecule has 6 heteroatoms. The van der Waals surface area contributed by atoms with E-state index in [1.165, 1.54) is 12.1 Å². The van der Waals surface area contributed by atoms with Crippen molar-refractivity contribution >= 4 is 11.6 Å². The van der Waals surface area contributed by atoms with Gasteiger partial charge in [-0.2, -0.15) is 0 Å². The van der Waals surface area contributed by atoms with Crippen molar-refractivity contribution in [1.82, 2.24) is 10.2 Å². The van der Waals surface area contributed by atoms with Crippen molar-refractivity contribution in [2.45, 2.75) is 18.9 Å². The van der Waals surface area contributed by atoms with Crippen LogP contribution in [0.5, 0.6) is 5.75 Å². The van der Waals surface area contributed by atoms with Crippen LogP contribution in [-0.2, 0) is 0 Å². The first-order valence-corrected chi connectivity index (χ1v) is 8.32. The second-order valence-corrected chi connectivity index (χ2v) is 6.79. The highest BCUT2D eigenvalue weighted by Gasteiger charge is 2.35. The Morgan fingerprint density at radius 2 is 2.09 bits per heavy atom. The number of nitrogens with one attached hydrogen (secondary N) is 1. The van der Waals surface area contributed by atoms with Gasteiger partial charge in [-0.25, -0.2) is 4.39 Å². The predicted octanol–water partition coefficient (Wildman–Crippen LogP) is 1.48. The van der Waals surface area contributed by atoms with E-state index in [1.54, 1.807) is 0 Å². The van der Waals surface area contributed by atoms with Crippen LogP contribution in [0.25, 0.3) is 0 Å². The lowest BCUT2D eigenvalue weighted by atomic mass is 9.84. The SMILES string of the molecule is CN1CCOc2c(C(=O)NC3CN4CCC3CC4)cc(F)cc21. The first kappa shape index (κ1) is 14.8. The van der Waals surface area contributed by atoms with Gasteiger partial charge in [0, 0.05) is 25.7 Å². The first-order valence-electron chi connectivity index (χ1n) is 8.32. The van der Waals surface area contributed by atoms with Crippen LogP contribution >= 0.6 is 0 Å². The molecule has 5 nitrogen and oxygen atoms in total. The number of piperidine rings is 3. The van der Waals surface area contributed by atoms with E-state index in [9.17, 15) is 9.18 Å². The number of benzene rings is 1. The zero-order valence-corrected chi connectivity index (χ0v) is 13.3. The molecule has 4 aliphatic heterocycles. The summed E-state index contributed by atoms with van der Waals surface area (Å²) in [6.45, 7) is 4.35. The molecule has 1 amide bonds. The van der Waals surface area contributed by atoms with Crippen molar-refractivity contribution in [3.05, 3.63) is 23.5 Å². The number of halogens is 1. The van der Waals surface area contributed by atoms with E-state index in [0.717, 1.165) is 32.5 Å². The van der Waals surface area contributed by atoms with Crippen molar-refractivity contribution < 1.29 is 13.9 Å². The molecule has 124 valence electrons. The Labute approximate surface area is 135 Å². The second-order valence-electron chi connectivity index (χ2n) is 6.79. The van der Waals surface area contributed by atoms with E-state index in [2.05, 4.69) is 10.2 Å². The summed E-state index contributed by atoms with van der Waals surface area (Å²) < 4.78 is 19.6. The van der Waals surface area contributed by atoms with Gasteiger partial charge < -0.3 is 19.9 Å². The standard InChI is InChI=1S/C17H22FN3O2/c1-20-6-7-23-16-13(8-12(18)9-15(16)20)17(22)19-14-10-21-4-2-11(14)3-5-21/h8-9,11,14H,2-7,10H2,1H3,(H,19,22). The summed E-state index contributed by atoms with van der Waals surface area (Å²) >= 11 is 0. The third-order valence-electron chi connectivity index (χ3n) is 5.34. The molecule has 0 saturated carbocycles. The van der Waals surface area contributed by atoms with Crippen molar-refractivity contribution in [2.75, 3.05) is 44.7 Å². The van der Waals surface area contributed by atoms with E-state index in [0.29, 0.717) is 36.1 Å². The number of carbonyl (C=O) groups excluding carboxylic acids is 1. The molecule has 3 saturated heterocycles. The van der Waals surface area contributed by atoms with E-state index in [1.807, 2.05) is 11.9 Å². The molecule has 1 aromatic rings. The van der Waals surface area contributed by atoms with Crippen LogP contribution in [0.3, 0.4) is 0 Å². The summed E-state index contributed by atoms with van der Waals surface area (Å²) in [5, 5.41) is 3.11. The Kier molecular flexibility index (Phi) is 3.64. The van der Waals surface area contributed by atoms with Crippen LogP contribution in [0.1, 0.15) is 23.2 Å². The summed E-state index contributed by atoms with van der Waals surface area (Å²) in [5.41, 5.74) is 0.957. The largest absolute Gasteiger partial charge is 0.489 e. The summed E-state index contributed by atoms with van der Waals surface area (Å²) in [7, 11) is 1.88. The molecule has 1 N–H and O–H groups in total. The molecular weight excluding hydrogens is 297 g/mol. The van der Waals surface area contributed by atoms with E-state index in [4.69, 9.17) is 4.74 Å². The quantitative estimate of drug-likeness (QED) is 0.897. The van der Waals surface area contributed by atoms with E-state index >= 15 is 0 Å². The fraction of sp³-hybridized carbons (Fsp3) is 0.588. The highest BCUT2D eigenvalue weighted by molar-refractivity contribution is 5.99. The lowest BCUT2D eigenvalue weighted by molar-refractivity contribution is 0.0618. The van der Waals surface area contributed by atoms with Crippen LogP contribution < -0.4 is 15.0 Å². The van der Waals surface area contributed by atoms with Gasteiger partial charge in [-0.1, -0.05) is 0 Å². The molecule has 4 heterocycles. The van der Waals surface area contributed by atoms with Gasteiger partial charge in [-0.15, -0.1) is 0 Å². The lowest BCUT2D eigenvalue weighted by Gasteiger charge is -2.45. The number of hydrogen-bond donors (Lipinski definition) is 1. The molecule has 3 fully saturated rings. The molecule has 0 aliphatic carbocycles. The Morgan fingerprint density at radius 1 is 1.30 bits per heavy atom. The molecule has 1 aromatic carbocycles. The van der Waals surface area contributed by atoms with Gasteiger partial charge >= 0.3 is 0 Å². The molecule has 0 radical (unpaired) electrons. The van der Waals surface area contributed by atoms with Gasteiger partial charge in [0.25, 0.3) is 5.91 Å². The minimum Gasteiger partial charge on any atom is -0.489 e. The molecule has 0 spiro atoms. The average Bonchev–Trinajstić information content (AvgIpc) is 2.56. The molecule has 2 bridgehead atoms. The van der Waals surface area contributed by atoms with Crippen LogP contribution in [0.2, 0.25) is 0 Å². The fourth-order valence-corrected chi connectivity index (χ4v) is 3.96. The van der Waals surface area contributed by atoms with Gasteiger partial charge in [0.05, 0.1) is 17.8 Å². The van der Waals surface area contributed by atoms with Crippen molar-refractivity contribution in [2.24, 2.45) is 5.92 Å². The number of fused-ring (bicyclic) bond motifs is 4. The third kappa shape index (κ3) is 2.65. The predicted molar refractivity (Wildman–Crippen MR) is 85.6 cm³/mol. The smallest absolute Gasteiger partial charge is 0.255 e. The van der Waals surface area contributed by atoms with Crippen LogP contribution in [0.4, 0.5) is 10.1 Å². The Hall–Kier alpha value is -1.82. The molecule has 0 aromatic heterocycles. The van der Waals surface area contributed by atoms with Gasteiger partial charge in [-0.3, -0.25) is 4.79 Å². The van der Waals surface area contributed by atoms with Gasteiger partial charge in [0.15, 0.2) is 5.75 Å². The molecular formula is C17H22FN3O2. The van der Waals surface area contributed by atoms with Crippen LogP contribution in [0.15, 0.2) is 12.1 Å². The highest BCUT2D eigenvalue weighted by Crippen LogP contribution is 2.36. The summed E-state index contributed by atoms with van der Waals surface area (Å²) in [6.07, 6.45) is 2.26. The number of anilines is 1. The second kappa shape index (κ2) is 5.67. The summed E-state index contributed by atoms with van der Waals surface area (Å²) in [4.78, 5) is 17.0. The molecule has 5 rings (SSSR count). The third-order valence-corrected chi connectivity index (χ3v) is 5.34. The van der Waals surface area contributed by atoms with Crippen LogP contribution in [0, 0.1) is 11.7 Å². The highest BCUT2D eigenvalue weighted by atomic mass is 19.1. The normalized spacial score (nSPS) is 29.0. The number of rotatable bonds is 2. The van der Waals surface area contributed by atoms with Crippen LogP contribution in [-0.4, -0.2) is 56.7 Å². The zero-order valence-electron chi connectivity index (χ0n) is 13.3. The number of carbonyl (C=O) groups is 1. The first-order chi connectivity index (χ1) is 11.1. The maximum atomic E-state index is 13.9. The topological polar surface area (TPSA) is 44.8 Å². The van der Waals surface area contributed by atoms with Crippen molar-refractivity contribution in [3.63, 3.8) is 0 Å². The van der Waals surface area contributed by atoms with E-state index < -0.39 is 5.82 Å². The van der Waals surface area contributed by atoms with Crippen molar-refractivity contribution in [1.29, 1.82) is 0 Å². The Morgan fingerprint density at radius 3 is 2.78 bits per heavy atom. The average molecular weight is 319 g/mol. The monoisotopic (exact) mass is 319 g/mol. The molecule has 1 unspecified atom stereocenters. The maximum Gasteiger partial charge on any atom is 0.255 e. The van der Waals surface area contributed by atoms with Crippen molar-refractivity contribution in [3.8, 4) is 5.75 Å². The Balaban J connectivity index is 1.59. The van der Waals surface area contributed by atoms with Gasteiger partial charge in [0.1, 0.15) is 12.4 Å². The lowest BCUT2D eigenvalue weighted by Crippen LogP contribution is -2.57. The summed E-state index contributed by atoms with van der Waals surface area (Å²) in [6, 6.07) is 2.87. The molecule has 4 aliphatic rings. The number of hydrogen-bond acceptors (Lipinski definition) is 4. The van der Waals surface area contributed by atoms with Gasteiger partial charge in [-0.05, 0) is 37.9 Å². The summed E-state index contributed by atoms with van der Waals surface area (Å²) in [5.74, 6) is 0.408. The number of amides is 1. The van der Waals surface area contributed by atoms with Gasteiger partial charge in [0.2, 0.25) is 0 Å². The zero-order chi connectivity index (χ0) is 16.0. The minimum absolute atomic E-state index is 0.158. The Bertz CT molecular complexity index is 629.